The number of rotatable bonds is 8. The van der Waals surface area contributed by atoms with E-state index in [1.54, 1.807) is 19.2 Å². The van der Waals surface area contributed by atoms with Crippen LogP contribution in [0.5, 0.6) is 0 Å². The van der Waals surface area contributed by atoms with Crippen molar-refractivity contribution in [3.63, 3.8) is 0 Å². The molecule has 114 valence electrons. The minimum atomic E-state index is -3.62. The molecular formula is C12H21N3O3S2. The molecule has 0 aliphatic rings. The number of aromatic nitrogens is 1. The Balaban J connectivity index is 2.74. The first kappa shape index (κ1) is 17.1. The molecule has 0 fully saturated rings. The molecule has 2 unspecified atom stereocenters. The topological polar surface area (TPSA) is 88.2 Å². The molecule has 0 aromatic carbocycles. The van der Waals surface area contributed by atoms with E-state index >= 15 is 0 Å². The fourth-order valence-electron chi connectivity index (χ4n) is 1.62. The molecule has 0 aliphatic heterocycles. The van der Waals surface area contributed by atoms with E-state index in [1.807, 2.05) is 6.92 Å². The Labute approximate surface area is 122 Å². The second-order valence-corrected chi connectivity index (χ2v) is 7.76. The van der Waals surface area contributed by atoms with E-state index in [0.717, 1.165) is 13.0 Å². The predicted molar refractivity (Wildman–Crippen MR) is 81.7 cm³/mol. The average molecular weight is 319 g/mol. The lowest BCUT2D eigenvalue weighted by atomic mass is 10.4. The fraction of sp³-hybridized carbons (Fsp3) is 0.583. The van der Waals surface area contributed by atoms with Gasteiger partial charge in [0.2, 0.25) is 10.0 Å². The predicted octanol–water partition coefficient (Wildman–Crippen LogP) is 0.949. The van der Waals surface area contributed by atoms with Crippen LogP contribution >= 0.6 is 0 Å². The summed E-state index contributed by atoms with van der Waals surface area (Å²) in [5.41, 5.74) is 0. The van der Waals surface area contributed by atoms with Gasteiger partial charge in [0.1, 0.15) is 10.7 Å². The largest absolute Gasteiger partial charge is 0.370 e. The lowest BCUT2D eigenvalue weighted by molar-refractivity contribution is 0.569. The van der Waals surface area contributed by atoms with Gasteiger partial charge in [0.05, 0.1) is 0 Å². The Morgan fingerprint density at radius 2 is 2.10 bits per heavy atom. The first-order valence-corrected chi connectivity index (χ1v) is 9.58. The van der Waals surface area contributed by atoms with Gasteiger partial charge >= 0.3 is 0 Å². The number of nitrogens with one attached hydrogen (secondary N) is 2. The highest BCUT2D eigenvalue weighted by atomic mass is 32.2. The monoisotopic (exact) mass is 319 g/mol. The van der Waals surface area contributed by atoms with Crippen LogP contribution in [0.15, 0.2) is 23.2 Å². The third kappa shape index (κ3) is 5.56. The average Bonchev–Trinajstić information content (AvgIpc) is 2.35. The van der Waals surface area contributed by atoms with Gasteiger partial charge in [-0.05, 0) is 25.5 Å². The Bertz CT molecular complexity index is 544. The summed E-state index contributed by atoms with van der Waals surface area (Å²) < 4.78 is 37.7. The van der Waals surface area contributed by atoms with Crippen molar-refractivity contribution in [1.82, 2.24) is 9.71 Å². The number of sulfonamides is 1. The summed E-state index contributed by atoms with van der Waals surface area (Å²) in [5.74, 6) is 0.927. The second kappa shape index (κ2) is 7.70. The minimum Gasteiger partial charge on any atom is -0.370 e. The number of pyridine rings is 1. The molecular weight excluding hydrogens is 298 g/mol. The van der Waals surface area contributed by atoms with Crippen molar-refractivity contribution in [3.8, 4) is 0 Å². The lowest BCUT2D eigenvalue weighted by Gasteiger charge is -2.13. The quantitative estimate of drug-likeness (QED) is 0.745. The van der Waals surface area contributed by atoms with Gasteiger partial charge in [-0.1, -0.05) is 6.92 Å². The minimum absolute atomic E-state index is 0.105. The van der Waals surface area contributed by atoms with Crippen molar-refractivity contribution in [1.29, 1.82) is 0 Å². The Morgan fingerprint density at radius 1 is 1.40 bits per heavy atom. The summed E-state index contributed by atoms with van der Waals surface area (Å²) in [6.45, 7) is 4.51. The number of hydrogen-bond acceptors (Lipinski definition) is 5. The Morgan fingerprint density at radius 3 is 2.60 bits per heavy atom. The molecule has 1 aromatic heterocycles. The normalized spacial score (nSPS) is 14.8. The van der Waals surface area contributed by atoms with Crippen molar-refractivity contribution in [2.75, 3.05) is 23.9 Å². The van der Waals surface area contributed by atoms with Gasteiger partial charge in [-0.15, -0.1) is 0 Å². The summed E-state index contributed by atoms with van der Waals surface area (Å²) >= 11 is 0. The van der Waals surface area contributed by atoms with Crippen molar-refractivity contribution >= 4 is 26.6 Å². The molecule has 6 nitrogen and oxygen atoms in total. The van der Waals surface area contributed by atoms with E-state index < -0.39 is 20.8 Å². The zero-order chi connectivity index (χ0) is 15.2. The van der Waals surface area contributed by atoms with Crippen LogP contribution in [0.3, 0.4) is 0 Å². The maximum atomic E-state index is 12.1. The van der Waals surface area contributed by atoms with Gasteiger partial charge in [-0.25, -0.2) is 18.1 Å². The molecule has 0 saturated heterocycles. The van der Waals surface area contributed by atoms with Crippen molar-refractivity contribution in [2.45, 2.75) is 31.2 Å². The third-order valence-electron chi connectivity index (χ3n) is 2.44. The first-order valence-electron chi connectivity index (χ1n) is 6.37. The highest BCUT2D eigenvalue weighted by Crippen LogP contribution is 2.11. The first-order chi connectivity index (χ1) is 9.35. The van der Waals surface area contributed by atoms with Gasteiger partial charge in [0.15, 0.2) is 0 Å². The highest BCUT2D eigenvalue weighted by molar-refractivity contribution is 7.89. The number of anilines is 1. The Kier molecular flexibility index (Phi) is 6.57. The van der Waals surface area contributed by atoms with E-state index in [1.165, 1.54) is 12.3 Å². The van der Waals surface area contributed by atoms with Crippen molar-refractivity contribution < 1.29 is 12.6 Å². The van der Waals surface area contributed by atoms with Crippen LogP contribution in [-0.2, 0) is 20.8 Å². The lowest BCUT2D eigenvalue weighted by Crippen LogP contribution is -2.36. The number of nitrogens with zero attached hydrogens (tertiary/aromatic N) is 1. The summed E-state index contributed by atoms with van der Waals surface area (Å²) in [7, 11) is -4.66. The van der Waals surface area contributed by atoms with Gasteiger partial charge < -0.3 is 5.32 Å². The molecule has 0 spiro atoms. The molecule has 0 aliphatic carbocycles. The van der Waals surface area contributed by atoms with E-state index in [0.29, 0.717) is 5.82 Å². The molecule has 0 bridgehead atoms. The van der Waals surface area contributed by atoms with Gasteiger partial charge in [-0.2, -0.15) is 0 Å². The standard InChI is InChI=1S/C12H21N3O3S2/c1-4-7-13-12-6-5-11(8-14-12)20(17,18)15-10(2)9-19(3)16/h5-6,8,10,15H,4,7,9H2,1-3H3,(H,13,14). The smallest absolute Gasteiger partial charge is 0.242 e. The van der Waals surface area contributed by atoms with Crippen LogP contribution in [-0.4, -0.2) is 42.2 Å². The van der Waals surface area contributed by atoms with Gasteiger partial charge in [-0.3, -0.25) is 4.21 Å². The Hall–Kier alpha value is -0.990. The zero-order valence-electron chi connectivity index (χ0n) is 11.9. The van der Waals surface area contributed by atoms with E-state index in [4.69, 9.17) is 0 Å². The van der Waals surface area contributed by atoms with Crippen molar-refractivity contribution in [3.05, 3.63) is 18.3 Å². The maximum Gasteiger partial charge on any atom is 0.242 e. The summed E-state index contributed by atoms with van der Waals surface area (Å²) in [5, 5.41) is 3.07. The molecule has 0 amide bonds. The SMILES string of the molecule is CCCNc1ccc(S(=O)(=O)NC(C)CS(C)=O)cn1. The molecule has 1 heterocycles. The molecule has 2 N–H and O–H groups in total. The molecule has 2 atom stereocenters. The molecule has 0 saturated carbocycles. The molecule has 8 heteroatoms. The number of hydrogen-bond donors (Lipinski definition) is 2. The van der Waals surface area contributed by atoms with Gasteiger partial charge in [0.25, 0.3) is 0 Å². The summed E-state index contributed by atoms with van der Waals surface area (Å²) in [4.78, 5) is 4.17. The maximum absolute atomic E-state index is 12.1. The summed E-state index contributed by atoms with van der Waals surface area (Å²) in [6, 6.07) is 2.75. The van der Waals surface area contributed by atoms with Crippen LogP contribution < -0.4 is 10.0 Å². The summed E-state index contributed by atoms with van der Waals surface area (Å²) in [6.07, 6.45) is 3.82. The fourth-order valence-corrected chi connectivity index (χ4v) is 3.70. The van der Waals surface area contributed by atoms with Crippen LogP contribution in [0.4, 0.5) is 5.82 Å². The molecule has 1 aromatic rings. The van der Waals surface area contributed by atoms with E-state index in [-0.39, 0.29) is 16.7 Å². The van der Waals surface area contributed by atoms with Crippen LogP contribution in [0.25, 0.3) is 0 Å². The van der Waals surface area contributed by atoms with Gasteiger partial charge in [0, 0.05) is 41.6 Å². The van der Waals surface area contributed by atoms with E-state index in [9.17, 15) is 12.6 Å². The molecule has 20 heavy (non-hydrogen) atoms. The van der Waals surface area contributed by atoms with Crippen LogP contribution in [0, 0.1) is 0 Å². The van der Waals surface area contributed by atoms with Crippen LogP contribution in [0.2, 0.25) is 0 Å². The second-order valence-electron chi connectivity index (χ2n) is 4.57. The molecule has 1 rings (SSSR count). The van der Waals surface area contributed by atoms with Crippen LogP contribution in [0.1, 0.15) is 20.3 Å². The zero-order valence-corrected chi connectivity index (χ0v) is 13.6. The van der Waals surface area contributed by atoms with E-state index in [2.05, 4.69) is 15.0 Å². The third-order valence-corrected chi connectivity index (χ3v) is 4.99. The highest BCUT2D eigenvalue weighted by Gasteiger charge is 2.18. The molecule has 0 radical (unpaired) electrons. The van der Waals surface area contributed by atoms with Crippen molar-refractivity contribution in [2.24, 2.45) is 0 Å².